The highest BCUT2D eigenvalue weighted by molar-refractivity contribution is 5.97. The van der Waals surface area contributed by atoms with Crippen LogP contribution in [0.4, 0.5) is 5.69 Å². The van der Waals surface area contributed by atoms with Crippen LogP contribution in [-0.2, 0) is 4.79 Å². The SMILES string of the molecule is COc1cccc(NC(=O)[C@@H]2Oc3c(c(=O)oc4ccccc34)[C@H]2c2ccc3c(c2)OCO3)c1. The van der Waals surface area contributed by atoms with Crippen LogP contribution in [-0.4, -0.2) is 25.9 Å². The summed E-state index contributed by atoms with van der Waals surface area (Å²) >= 11 is 0. The fourth-order valence-electron chi connectivity index (χ4n) is 4.44. The first kappa shape index (κ1) is 20.2. The third kappa shape index (κ3) is 3.23. The van der Waals surface area contributed by atoms with E-state index in [0.717, 1.165) is 0 Å². The van der Waals surface area contributed by atoms with Gasteiger partial charge in [0.05, 0.1) is 24.0 Å². The molecule has 2 aliphatic rings. The zero-order chi connectivity index (χ0) is 23.2. The average Bonchev–Trinajstić information content (AvgIpc) is 3.49. The number of carbonyl (C=O) groups is 1. The minimum absolute atomic E-state index is 0.114. The second-order valence-electron chi connectivity index (χ2n) is 7.98. The van der Waals surface area contributed by atoms with Crippen molar-refractivity contribution in [1.29, 1.82) is 0 Å². The summed E-state index contributed by atoms with van der Waals surface area (Å²) in [5.41, 5.74) is 1.36. The first-order valence-electron chi connectivity index (χ1n) is 10.7. The topological polar surface area (TPSA) is 96.2 Å². The van der Waals surface area contributed by atoms with Crippen molar-refractivity contribution in [2.75, 3.05) is 19.2 Å². The number of hydrogen-bond acceptors (Lipinski definition) is 7. The molecule has 0 bridgehead atoms. The van der Waals surface area contributed by atoms with Crippen LogP contribution in [0.3, 0.4) is 0 Å². The molecule has 6 rings (SSSR count). The van der Waals surface area contributed by atoms with E-state index in [-0.39, 0.29) is 6.79 Å². The van der Waals surface area contributed by atoms with Gasteiger partial charge in [0.15, 0.2) is 17.6 Å². The molecule has 0 unspecified atom stereocenters. The van der Waals surface area contributed by atoms with Gasteiger partial charge in [-0.3, -0.25) is 4.79 Å². The first-order valence-corrected chi connectivity index (χ1v) is 10.7. The van der Waals surface area contributed by atoms with Crippen molar-refractivity contribution < 1.29 is 28.2 Å². The lowest BCUT2D eigenvalue weighted by Crippen LogP contribution is -2.35. The van der Waals surface area contributed by atoms with E-state index in [1.54, 1.807) is 67.8 Å². The van der Waals surface area contributed by atoms with Crippen molar-refractivity contribution in [2.24, 2.45) is 0 Å². The molecule has 3 aromatic carbocycles. The number of ether oxygens (including phenoxy) is 4. The van der Waals surface area contributed by atoms with Gasteiger partial charge in [-0.05, 0) is 42.0 Å². The van der Waals surface area contributed by atoms with Crippen molar-refractivity contribution in [3.05, 3.63) is 88.3 Å². The van der Waals surface area contributed by atoms with Crippen LogP contribution in [0.1, 0.15) is 17.0 Å². The van der Waals surface area contributed by atoms with Crippen LogP contribution in [0.25, 0.3) is 11.0 Å². The zero-order valence-corrected chi connectivity index (χ0v) is 18.1. The van der Waals surface area contributed by atoms with E-state index in [4.69, 9.17) is 23.4 Å². The van der Waals surface area contributed by atoms with Gasteiger partial charge in [-0.25, -0.2) is 4.79 Å². The number of hydrogen-bond donors (Lipinski definition) is 1. The first-order chi connectivity index (χ1) is 16.6. The van der Waals surface area contributed by atoms with E-state index in [1.807, 2.05) is 6.07 Å². The van der Waals surface area contributed by atoms with Crippen LogP contribution >= 0.6 is 0 Å². The molecule has 1 amide bonds. The Labute approximate surface area is 193 Å². The number of fused-ring (bicyclic) bond motifs is 4. The quantitative estimate of drug-likeness (QED) is 0.462. The number of methoxy groups -OCH3 is 1. The van der Waals surface area contributed by atoms with Gasteiger partial charge in [-0.2, -0.15) is 0 Å². The van der Waals surface area contributed by atoms with Crippen LogP contribution < -0.4 is 29.9 Å². The molecule has 8 heteroatoms. The molecule has 2 aliphatic heterocycles. The highest BCUT2D eigenvalue weighted by atomic mass is 16.7. The van der Waals surface area contributed by atoms with E-state index in [0.29, 0.717) is 50.8 Å². The summed E-state index contributed by atoms with van der Waals surface area (Å²) in [6.45, 7) is 0.114. The number of para-hydroxylation sites is 1. The Kier molecular flexibility index (Phi) is 4.65. The highest BCUT2D eigenvalue weighted by Gasteiger charge is 2.44. The molecule has 0 fully saturated rings. The lowest BCUT2D eigenvalue weighted by Gasteiger charge is -2.19. The molecule has 0 saturated carbocycles. The Balaban J connectivity index is 1.47. The van der Waals surface area contributed by atoms with Gasteiger partial charge in [0.1, 0.15) is 17.1 Å². The summed E-state index contributed by atoms with van der Waals surface area (Å²) in [7, 11) is 1.55. The lowest BCUT2D eigenvalue weighted by molar-refractivity contribution is -0.122. The maximum atomic E-state index is 13.5. The van der Waals surface area contributed by atoms with Gasteiger partial charge in [-0.15, -0.1) is 0 Å². The molecule has 170 valence electrons. The maximum Gasteiger partial charge on any atom is 0.344 e. The fraction of sp³-hybridized carbons (Fsp3) is 0.154. The third-order valence-corrected chi connectivity index (χ3v) is 6.01. The van der Waals surface area contributed by atoms with E-state index >= 15 is 0 Å². The van der Waals surface area contributed by atoms with Crippen LogP contribution in [0.15, 0.2) is 75.9 Å². The van der Waals surface area contributed by atoms with Gasteiger partial charge in [0.2, 0.25) is 6.79 Å². The van der Waals surface area contributed by atoms with Crippen LogP contribution in [0, 0.1) is 0 Å². The van der Waals surface area contributed by atoms with Crippen molar-refractivity contribution in [1.82, 2.24) is 0 Å². The van der Waals surface area contributed by atoms with E-state index in [2.05, 4.69) is 5.32 Å². The highest BCUT2D eigenvalue weighted by Crippen LogP contribution is 2.46. The summed E-state index contributed by atoms with van der Waals surface area (Å²) in [6, 6.07) is 19.4. The van der Waals surface area contributed by atoms with Crippen molar-refractivity contribution >= 4 is 22.6 Å². The smallest absolute Gasteiger partial charge is 0.344 e. The molecule has 0 aliphatic carbocycles. The molecule has 1 aromatic heterocycles. The molecule has 4 aromatic rings. The van der Waals surface area contributed by atoms with Crippen LogP contribution in [0.2, 0.25) is 0 Å². The number of rotatable bonds is 4. The molecule has 2 atom stereocenters. The van der Waals surface area contributed by atoms with Crippen molar-refractivity contribution in [2.45, 2.75) is 12.0 Å². The minimum atomic E-state index is -1.02. The molecule has 8 nitrogen and oxygen atoms in total. The monoisotopic (exact) mass is 457 g/mol. The summed E-state index contributed by atoms with van der Waals surface area (Å²) in [6.07, 6.45) is -1.02. The number of carbonyl (C=O) groups excluding carboxylic acids is 1. The third-order valence-electron chi connectivity index (χ3n) is 6.01. The van der Waals surface area contributed by atoms with Gasteiger partial charge in [-0.1, -0.05) is 24.3 Å². The molecular formula is C26H19NO7. The zero-order valence-electron chi connectivity index (χ0n) is 18.1. The Morgan fingerprint density at radius 2 is 1.85 bits per heavy atom. The van der Waals surface area contributed by atoms with E-state index in [9.17, 15) is 9.59 Å². The molecule has 34 heavy (non-hydrogen) atoms. The Hall–Kier alpha value is -4.46. The Bertz CT molecular complexity index is 1490. The minimum Gasteiger partial charge on any atom is -0.497 e. The fourth-order valence-corrected chi connectivity index (χ4v) is 4.44. The molecule has 0 spiro atoms. The van der Waals surface area contributed by atoms with Crippen molar-refractivity contribution in [3.63, 3.8) is 0 Å². The number of nitrogens with one attached hydrogen (secondary N) is 1. The maximum absolute atomic E-state index is 13.5. The number of anilines is 1. The molecule has 0 saturated heterocycles. The summed E-state index contributed by atoms with van der Waals surface area (Å²) in [5, 5.41) is 3.51. The van der Waals surface area contributed by atoms with Crippen molar-refractivity contribution in [3.8, 4) is 23.0 Å². The molecule has 1 N–H and O–H groups in total. The Morgan fingerprint density at radius 3 is 2.74 bits per heavy atom. The summed E-state index contributed by atoms with van der Waals surface area (Å²) in [5.74, 6) is 0.980. The van der Waals surface area contributed by atoms with Gasteiger partial charge in [0.25, 0.3) is 5.91 Å². The predicted octanol–water partition coefficient (Wildman–Crippen LogP) is 4.06. The predicted molar refractivity (Wildman–Crippen MR) is 123 cm³/mol. The summed E-state index contributed by atoms with van der Waals surface area (Å²) < 4.78 is 28.0. The molecule has 3 heterocycles. The number of benzene rings is 3. The second-order valence-corrected chi connectivity index (χ2v) is 7.98. The molecular weight excluding hydrogens is 438 g/mol. The largest absolute Gasteiger partial charge is 0.497 e. The van der Waals surface area contributed by atoms with Gasteiger partial charge >= 0.3 is 5.63 Å². The molecule has 0 radical (unpaired) electrons. The van der Waals surface area contributed by atoms with Gasteiger partial charge < -0.3 is 28.7 Å². The number of amides is 1. The van der Waals surface area contributed by atoms with Gasteiger partial charge in [0, 0.05) is 11.8 Å². The second kappa shape index (κ2) is 7.84. The standard InChI is InChI=1S/C26H19NO7/c1-30-16-6-4-5-15(12-16)27-25(28)24-21(14-9-10-19-20(11-14)32-13-31-19)22-23(34-24)17-7-2-3-8-18(17)33-26(22)29/h2-12,21,24H,13H2,1H3,(H,27,28)/t21-,24-/m1/s1. The van der Waals surface area contributed by atoms with Crippen LogP contribution in [0.5, 0.6) is 23.0 Å². The van der Waals surface area contributed by atoms with E-state index < -0.39 is 23.6 Å². The summed E-state index contributed by atoms with van der Waals surface area (Å²) in [4.78, 5) is 26.6. The van der Waals surface area contributed by atoms with E-state index in [1.165, 1.54) is 0 Å². The lowest BCUT2D eigenvalue weighted by atomic mass is 9.88. The average molecular weight is 457 g/mol. The normalized spacial score (nSPS) is 17.8. The Morgan fingerprint density at radius 1 is 1.00 bits per heavy atom.